The van der Waals surface area contributed by atoms with Crippen LogP contribution in [0.15, 0.2) is 18.2 Å². The van der Waals surface area contributed by atoms with Gasteiger partial charge in [-0.25, -0.2) is 4.39 Å². The Hall–Kier alpha value is -1.30. The molecule has 0 aromatic heterocycles. The van der Waals surface area contributed by atoms with Crippen LogP contribution in [-0.2, 0) is 11.0 Å². The van der Waals surface area contributed by atoms with E-state index in [-0.39, 0.29) is 12.2 Å². The quantitative estimate of drug-likeness (QED) is 0.621. The molecule has 0 spiro atoms. The van der Waals surface area contributed by atoms with Gasteiger partial charge in [0.1, 0.15) is 11.6 Å². The monoisotopic (exact) mass is 284 g/mol. The average molecular weight is 285 g/mol. The van der Waals surface area contributed by atoms with E-state index >= 15 is 0 Å². The van der Waals surface area contributed by atoms with E-state index in [2.05, 4.69) is 0 Å². The maximum absolute atomic E-state index is 13.0. The summed E-state index contributed by atoms with van der Waals surface area (Å²) in [7, 11) is 0. The number of carbonyl (C=O) groups is 1. The maximum Gasteiger partial charge on any atom is 0.419 e. The van der Waals surface area contributed by atoms with Crippen LogP contribution < -0.4 is 4.74 Å². The summed E-state index contributed by atoms with van der Waals surface area (Å²) in [4.78, 5) is 10.9. The lowest BCUT2D eigenvalue weighted by atomic mass is 10.2. The molecule has 1 atom stereocenters. The van der Waals surface area contributed by atoms with Crippen LogP contribution in [-0.4, -0.2) is 11.3 Å². The molecule has 1 rings (SSSR count). The third-order valence-electron chi connectivity index (χ3n) is 2.15. The second-order valence-corrected chi connectivity index (χ2v) is 3.83. The van der Waals surface area contributed by atoms with Gasteiger partial charge < -0.3 is 4.74 Å². The van der Waals surface area contributed by atoms with Crippen LogP contribution >= 0.6 is 11.6 Å². The third-order valence-corrected chi connectivity index (χ3v) is 2.39. The van der Waals surface area contributed by atoms with Gasteiger partial charge in [0.2, 0.25) is 0 Å². The highest BCUT2D eigenvalue weighted by molar-refractivity contribution is 6.64. The van der Waals surface area contributed by atoms with Crippen LogP contribution in [0.5, 0.6) is 5.75 Å². The molecular formula is C11H9ClF4O2. The normalized spacial score (nSPS) is 13.2. The van der Waals surface area contributed by atoms with E-state index in [4.69, 9.17) is 16.3 Å². The van der Waals surface area contributed by atoms with Gasteiger partial charge in [0, 0.05) is 0 Å². The lowest BCUT2D eigenvalue weighted by Crippen LogP contribution is -2.22. The van der Waals surface area contributed by atoms with E-state index < -0.39 is 28.9 Å². The summed E-state index contributed by atoms with van der Waals surface area (Å²) in [6.45, 7) is 1.58. The molecule has 0 amide bonds. The van der Waals surface area contributed by atoms with Gasteiger partial charge in [0.25, 0.3) is 5.24 Å². The molecule has 0 aliphatic heterocycles. The smallest absolute Gasteiger partial charge is 0.419 e. The van der Waals surface area contributed by atoms with Gasteiger partial charge in [-0.1, -0.05) is 6.92 Å². The van der Waals surface area contributed by atoms with Crippen molar-refractivity contribution >= 4 is 16.8 Å². The van der Waals surface area contributed by atoms with Crippen molar-refractivity contribution in [1.29, 1.82) is 0 Å². The Morgan fingerprint density at radius 2 is 2.06 bits per heavy atom. The Kier molecular flexibility index (Phi) is 4.56. The van der Waals surface area contributed by atoms with Crippen LogP contribution in [0.3, 0.4) is 0 Å². The molecule has 0 aliphatic rings. The van der Waals surface area contributed by atoms with Gasteiger partial charge in [-0.15, -0.1) is 0 Å². The predicted molar refractivity (Wildman–Crippen MR) is 57.0 cm³/mol. The van der Waals surface area contributed by atoms with E-state index in [1.807, 2.05) is 0 Å². The lowest BCUT2D eigenvalue weighted by molar-refractivity contribution is -0.140. The standard InChI is InChI=1S/C11H9ClF4O2/c1-2-9(10(12)17)18-6-3-4-8(13)7(5-6)11(14,15)16/h3-5,9H,2H2,1H3/t9-/m0/s1. The van der Waals surface area contributed by atoms with Gasteiger partial charge in [-0.3, -0.25) is 4.79 Å². The van der Waals surface area contributed by atoms with Crippen LogP contribution in [0.1, 0.15) is 18.9 Å². The van der Waals surface area contributed by atoms with Crippen molar-refractivity contribution in [3.05, 3.63) is 29.6 Å². The first-order valence-electron chi connectivity index (χ1n) is 4.98. The highest BCUT2D eigenvalue weighted by atomic mass is 35.5. The molecule has 100 valence electrons. The molecule has 0 aliphatic carbocycles. The van der Waals surface area contributed by atoms with Crippen molar-refractivity contribution in [3.63, 3.8) is 0 Å². The molecule has 2 nitrogen and oxygen atoms in total. The fourth-order valence-corrected chi connectivity index (χ4v) is 1.45. The van der Waals surface area contributed by atoms with Gasteiger partial charge in [0.05, 0.1) is 5.56 Å². The topological polar surface area (TPSA) is 26.3 Å². The van der Waals surface area contributed by atoms with Gasteiger partial charge in [0.15, 0.2) is 6.10 Å². The number of hydrogen-bond acceptors (Lipinski definition) is 2. The van der Waals surface area contributed by atoms with E-state index in [0.717, 1.165) is 6.07 Å². The number of rotatable bonds is 4. The van der Waals surface area contributed by atoms with Crippen LogP contribution in [0.25, 0.3) is 0 Å². The first kappa shape index (κ1) is 14.8. The van der Waals surface area contributed by atoms with Crippen LogP contribution in [0.4, 0.5) is 17.6 Å². The number of hydrogen-bond donors (Lipinski definition) is 0. The highest BCUT2D eigenvalue weighted by Crippen LogP contribution is 2.33. The van der Waals surface area contributed by atoms with E-state index in [1.165, 1.54) is 0 Å². The Bertz CT molecular complexity index is 445. The average Bonchev–Trinajstić information content (AvgIpc) is 2.25. The molecule has 0 fully saturated rings. The third kappa shape index (κ3) is 3.60. The number of ether oxygens (including phenoxy) is 1. The van der Waals surface area contributed by atoms with Crippen molar-refractivity contribution in [2.75, 3.05) is 0 Å². The second-order valence-electron chi connectivity index (χ2n) is 3.46. The van der Waals surface area contributed by atoms with Gasteiger partial charge in [-0.2, -0.15) is 13.2 Å². The minimum Gasteiger partial charge on any atom is -0.481 e. The van der Waals surface area contributed by atoms with E-state index in [1.54, 1.807) is 6.92 Å². The SMILES string of the molecule is CC[C@H](Oc1ccc(F)c(C(F)(F)F)c1)C(=O)Cl. The summed E-state index contributed by atoms with van der Waals surface area (Å²) in [6, 6.07) is 2.13. The van der Waals surface area contributed by atoms with Crippen molar-refractivity contribution < 1.29 is 27.1 Å². The summed E-state index contributed by atoms with van der Waals surface area (Å²) in [5, 5.41) is -0.824. The zero-order chi connectivity index (χ0) is 13.9. The number of alkyl halides is 3. The summed E-state index contributed by atoms with van der Waals surface area (Å²) < 4.78 is 55.2. The molecule has 0 unspecified atom stereocenters. The molecule has 0 radical (unpaired) electrons. The van der Waals surface area contributed by atoms with Crippen LogP contribution in [0, 0.1) is 5.82 Å². The van der Waals surface area contributed by atoms with Crippen molar-refractivity contribution in [2.24, 2.45) is 0 Å². The Morgan fingerprint density at radius 3 is 2.50 bits per heavy atom. The van der Waals surface area contributed by atoms with E-state index in [0.29, 0.717) is 12.1 Å². The zero-order valence-corrected chi connectivity index (χ0v) is 9.98. The number of halogens is 5. The molecule has 1 aromatic carbocycles. The van der Waals surface area contributed by atoms with E-state index in [9.17, 15) is 22.4 Å². The molecule has 0 saturated carbocycles. The molecule has 1 aromatic rings. The molecule has 0 heterocycles. The van der Waals surface area contributed by atoms with Crippen molar-refractivity contribution in [3.8, 4) is 5.75 Å². The molecule has 0 N–H and O–H groups in total. The largest absolute Gasteiger partial charge is 0.481 e. The maximum atomic E-state index is 13.0. The number of benzene rings is 1. The van der Waals surface area contributed by atoms with Gasteiger partial charge in [-0.05, 0) is 36.2 Å². The fraction of sp³-hybridized carbons (Fsp3) is 0.364. The van der Waals surface area contributed by atoms with Gasteiger partial charge >= 0.3 is 6.18 Å². The predicted octanol–water partition coefficient (Wildman–Crippen LogP) is 3.77. The Labute approximate surface area is 105 Å². The molecule has 0 saturated heterocycles. The minimum atomic E-state index is -4.82. The Balaban J connectivity index is 3.02. The molecular weight excluding hydrogens is 276 g/mol. The van der Waals surface area contributed by atoms with Crippen LogP contribution in [0.2, 0.25) is 0 Å². The summed E-state index contributed by atoms with van der Waals surface area (Å²) in [5.41, 5.74) is -1.45. The summed E-state index contributed by atoms with van der Waals surface area (Å²) in [5.74, 6) is -1.66. The lowest BCUT2D eigenvalue weighted by Gasteiger charge is -2.15. The van der Waals surface area contributed by atoms with Crippen molar-refractivity contribution in [2.45, 2.75) is 25.6 Å². The second kappa shape index (κ2) is 5.56. The summed E-state index contributed by atoms with van der Waals surface area (Å²) in [6.07, 6.45) is -5.68. The Morgan fingerprint density at radius 1 is 1.44 bits per heavy atom. The number of carbonyl (C=O) groups excluding carboxylic acids is 1. The molecule has 18 heavy (non-hydrogen) atoms. The zero-order valence-electron chi connectivity index (χ0n) is 9.22. The first-order chi connectivity index (χ1) is 8.25. The molecule has 0 bridgehead atoms. The molecule has 7 heteroatoms. The minimum absolute atomic E-state index is 0.195. The summed E-state index contributed by atoms with van der Waals surface area (Å²) >= 11 is 5.19. The first-order valence-corrected chi connectivity index (χ1v) is 5.36. The van der Waals surface area contributed by atoms with Crippen molar-refractivity contribution in [1.82, 2.24) is 0 Å². The highest BCUT2D eigenvalue weighted by Gasteiger charge is 2.34. The fourth-order valence-electron chi connectivity index (χ4n) is 1.25.